The van der Waals surface area contributed by atoms with Crippen LogP contribution in [0.25, 0.3) is 0 Å². The number of benzene rings is 1. The lowest BCUT2D eigenvalue weighted by molar-refractivity contribution is 0.101. The van der Waals surface area contributed by atoms with Crippen molar-refractivity contribution in [1.82, 2.24) is 0 Å². The highest BCUT2D eigenvalue weighted by atomic mass is 16.1. The molecule has 1 aliphatic rings. The first-order valence-corrected chi connectivity index (χ1v) is 5.54. The van der Waals surface area contributed by atoms with E-state index in [4.69, 9.17) is 0 Å². The zero-order chi connectivity index (χ0) is 10.8. The largest absolute Gasteiger partial charge is 0.382 e. The average Bonchev–Trinajstić information content (AvgIpc) is 3.01. The number of hydrogen-bond acceptors (Lipinski definition) is 2. The molecule has 1 atom stereocenters. The molecule has 1 fully saturated rings. The third-order valence-corrected chi connectivity index (χ3v) is 3.01. The summed E-state index contributed by atoms with van der Waals surface area (Å²) in [6, 6.07) is 8.27. The Kier molecular flexibility index (Phi) is 2.76. The van der Waals surface area contributed by atoms with Crippen molar-refractivity contribution in [3.63, 3.8) is 0 Å². The molecule has 1 aromatic carbocycles. The Balaban J connectivity index is 1.99. The van der Waals surface area contributed by atoms with Crippen LogP contribution in [0.3, 0.4) is 0 Å². The van der Waals surface area contributed by atoms with Gasteiger partial charge < -0.3 is 5.32 Å². The van der Waals surface area contributed by atoms with Crippen LogP contribution in [0.5, 0.6) is 0 Å². The number of carbonyl (C=O) groups excluding carboxylic acids is 1. The minimum Gasteiger partial charge on any atom is -0.382 e. The maximum absolute atomic E-state index is 11.1. The summed E-state index contributed by atoms with van der Waals surface area (Å²) in [5.74, 6) is 0.967. The molecule has 0 aromatic heterocycles. The number of carbonyl (C=O) groups is 1. The van der Waals surface area contributed by atoms with E-state index in [-0.39, 0.29) is 5.78 Å². The van der Waals surface area contributed by atoms with Crippen LogP contribution in [-0.4, -0.2) is 11.8 Å². The molecule has 0 bridgehead atoms. The van der Waals surface area contributed by atoms with Crippen LogP contribution < -0.4 is 5.32 Å². The second kappa shape index (κ2) is 4.05. The summed E-state index contributed by atoms with van der Waals surface area (Å²) in [4.78, 5) is 11.1. The highest BCUT2D eigenvalue weighted by Crippen LogP contribution is 2.33. The lowest BCUT2D eigenvalue weighted by Gasteiger charge is -2.14. The second-order valence-electron chi connectivity index (χ2n) is 4.40. The summed E-state index contributed by atoms with van der Waals surface area (Å²) in [5.41, 5.74) is 1.89. The Bertz CT molecular complexity index is 351. The minimum absolute atomic E-state index is 0.122. The van der Waals surface area contributed by atoms with E-state index in [0.717, 1.165) is 17.2 Å². The molecule has 0 saturated heterocycles. The first-order chi connectivity index (χ1) is 7.16. The fraction of sp³-hybridized carbons (Fsp3) is 0.462. The summed E-state index contributed by atoms with van der Waals surface area (Å²) >= 11 is 0. The van der Waals surface area contributed by atoms with Gasteiger partial charge in [-0.15, -0.1) is 0 Å². The van der Waals surface area contributed by atoms with Gasteiger partial charge in [0, 0.05) is 17.3 Å². The molecule has 1 aromatic rings. The van der Waals surface area contributed by atoms with Gasteiger partial charge in [0.1, 0.15) is 0 Å². The van der Waals surface area contributed by atoms with Gasteiger partial charge >= 0.3 is 0 Å². The van der Waals surface area contributed by atoms with Gasteiger partial charge in [-0.3, -0.25) is 4.79 Å². The average molecular weight is 203 g/mol. The van der Waals surface area contributed by atoms with Gasteiger partial charge in [0.2, 0.25) is 0 Å². The SMILES string of the molecule is CC(=O)c1ccc(NC(C)C2CC2)cc1. The van der Waals surface area contributed by atoms with Crippen molar-refractivity contribution < 1.29 is 4.79 Å². The Morgan fingerprint density at radius 2 is 1.93 bits per heavy atom. The van der Waals surface area contributed by atoms with Crippen LogP contribution in [0, 0.1) is 5.92 Å². The fourth-order valence-corrected chi connectivity index (χ4v) is 1.78. The molecule has 2 rings (SSSR count). The Labute approximate surface area is 90.7 Å². The molecule has 0 radical (unpaired) electrons. The molecule has 15 heavy (non-hydrogen) atoms. The molecule has 0 amide bonds. The van der Waals surface area contributed by atoms with Crippen LogP contribution in [0.15, 0.2) is 24.3 Å². The van der Waals surface area contributed by atoms with E-state index < -0.39 is 0 Å². The molecule has 1 aliphatic carbocycles. The maximum Gasteiger partial charge on any atom is 0.159 e. The van der Waals surface area contributed by atoms with Crippen LogP contribution in [0.2, 0.25) is 0 Å². The monoisotopic (exact) mass is 203 g/mol. The van der Waals surface area contributed by atoms with E-state index in [0.29, 0.717) is 6.04 Å². The normalized spacial score (nSPS) is 17.2. The van der Waals surface area contributed by atoms with Gasteiger partial charge in [-0.2, -0.15) is 0 Å². The molecule has 80 valence electrons. The molecule has 0 spiro atoms. The fourth-order valence-electron chi connectivity index (χ4n) is 1.78. The Hall–Kier alpha value is -1.31. The van der Waals surface area contributed by atoms with E-state index >= 15 is 0 Å². The summed E-state index contributed by atoms with van der Waals surface area (Å²) in [6.07, 6.45) is 2.69. The Morgan fingerprint density at radius 3 is 2.40 bits per heavy atom. The van der Waals surface area contributed by atoms with Gasteiger partial charge in [-0.1, -0.05) is 0 Å². The lowest BCUT2D eigenvalue weighted by Crippen LogP contribution is -2.17. The molecule has 1 saturated carbocycles. The number of ketones is 1. The molecular formula is C13H17NO. The molecule has 1 unspecified atom stereocenters. The zero-order valence-corrected chi connectivity index (χ0v) is 9.29. The molecule has 0 heterocycles. The zero-order valence-electron chi connectivity index (χ0n) is 9.29. The quantitative estimate of drug-likeness (QED) is 0.762. The summed E-state index contributed by atoms with van der Waals surface area (Å²) in [5, 5.41) is 3.46. The number of hydrogen-bond donors (Lipinski definition) is 1. The predicted molar refractivity (Wildman–Crippen MR) is 62.3 cm³/mol. The van der Waals surface area contributed by atoms with Crippen molar-refractivity contribution in [2.24, 2.45) is 5.92 Å². The van der Waals surface area contributed by atoms with Crippen molar-refractivity contribution in [3.8, 4) is 0 Å². The summed E-state index contributed by atoms with van der Waals surface area (Å²) in [7, 11) is 0. The molecular weight excluding hydrogens is 186 g/mol. The summed E-state index contributed by atoms with van der Waals surface area (Å²) in [6.45, 7) is 3.81. The number of rotatable bonds is 4. The smallest absolute Gasteiger partial charge is 0.159 e. The minimum atomic E-state index is 0.122. The number of anilines is 1. The maximum atomic E-state index is 11.1. The lowest BCUT2D eigenvalue weighted by atomic mass is 10.1. The molecule has 2 heteroatoms. The first-order valence-electron chi connectivity index (χ1n) is 5.54. The standard InChI is InChI=1S/C13H17NO/c1-9(11-3-4-11)14-13-7-5-12(6-8-13)10(2)15/h5-9,11,14H,3-4H2,1-2H3. The van der Waals surface area contributed by atoms with E-state index in [1.54, 1.807) is 6.92 Å². The first kappa shape index (κ1) is 10.2. The third-order valence-electron chi connectivity index (χ3n) is 3.01. The van der Waals surface area contributed by atoms with Crippen molar-refractivity contribution in [1.29, 1.82) is 0 Å². The second-order valence-corrected chi connectivity index (χ2v) is 4.40. The van der Waals surface area contributed by atoms with Crippen molar-refractivity contribution >= 4 is 11.5 Å². The highest BCUT2D eigenvalue weighted by Gasteiger charge is 2.27. The summed E-state index contributed by atoms with van der Waals surface area (Å²) < 4.78 is 0. The molecule has 0 aliphatic heterocycles. The topological polar surface area (TPSA) is 29.1 Å². The van der Waals surface area contributed by atoms with Crippen molar-refractivity contribution in [2.75, 3.05) is 5.32 Å². The van der Waals surface area contributed by atoms with Gasteiger partial charge in [0.15, 0.2) is 5.78 Å². The van der Waals surface area contributed by atoms with E-state index in [2.05, 4.69) is 12.2 Å². The van der Waals surface area contributed by atoms with Crippen molar-refractivity contribution in [3.05, 3.63) is 29.8 Å². The van der Waals surface area contributed by atoms with Crippen LogP contribution in [-0.2, 0) is 0 Å². The van der Waals surface area contributed by atoms with Gasteiger partial charge in [-0.05, 0) is 56.9 Å². The van der Waals surface area contributed by atoms with E-state index in [1.165, 1.54) is 12.8 Å². The van der Waals surface area contributed by atoms with Gasteiger partial charge in [-0.25, -0.2) is 0 Å². The number of Topliss-reactive ketones (excluding diaryl/α,β-unsaturated/α-hetero) is 1. The van der Waals surface area contributed by atoms with E-state index in [1.807, 2.05) is 24.3 Å². The van der Waals surface area contributed by atoms with Crippen LogP contribution >= 0.6 is 0 Å². The number of nitrogens with one attached hydrogen (secondary N) is 1. The van der Waals surface area contributed by atoms with Gasteiger partial charge in [0.25, 0.3) is 0 Å². The predicted octanol–water partition coefficient (Wildman–Crippen LogP) is 3.10. The van der Waals surface area contributed by atoms with Gasteiger partial charge in [0.05, 0.1) is 0 Å². The van der Waals surface area contributed by atoms with Crippen molar-refractivity contribution in [2.45, 2.75) is 32.7 Å². The van der Waals surface area contributed by atoms with Crippen LogP contribution in [0.1, 0.15) is 37.0 Å². The van der Waals surface area contributed by atoms with E-state index in [9.17, 15) is 4.79 Å². The molecule has 1 N–H and O–H groups in total. The third kappa shape index (κ3) is 2.58. The molecule has 2 nitrogen and oxygen atoms in total. The Morgan fingerprint density at radius 1 is 1.33 bits per heavy atom. The highest BCUT2D eigenvalue weighted by molar-refractivity contribution is 5.94. The van der Waals surface area contributed by atoms with Crippen LogP contribution in [0.4, 0.5) is 5.69 Å².